The van der Waals surface area contributed by atoms with E-state index in [1.165, 1.54) is 57.8 Å². The first-order valence-corrected chi connectivity index (χ1v) is 8.56. The average molecular weight is 287 g/mol. The van der Waals surface area contributed by atoms with Crippen LogP contribution in [0.1, 0.15) is 85.0 Å². The lowest BCUT2D eigenvalue weighted by atomic mass is 9.95. The molecule has 0 spiro atoms. The Bertz CT molecular complexity index is 207. The van der Waals surface area contributed by atoms with Gasteiger partial charge in [0.25, 0.3) is 0 Å². The second kappa shape index (κ2) is 12.6. The molecule has 3 nitrogen and oxygen atoms in total. The predicted octanol–water partition coefficient (Wildman–Crippen LogP) is 3.63. The van der Waals surface area contributed by atoms with Crippen LogP contribution in [0.2, 0.25) is 0 Å². The van der Waals surface area contributed by atoms with Crippen molar-refractivity contribution in [2.45, 2.75) is 96.6 Å². The molecule has 0 aliphatic carbocycles. The molecule has 0 amide bonds. The Hall–Kier alpha value is -0.120. The highest BCUT2D eigenvalue weighted by Crippen LogP contribution is 2.16. The van der Waals surface area contributed by atoms with Gasteiger partial charge in [-0.05, 0) is 20.3 Å². The summed E-state index contributed by atoms with van der Waals surface area (Å²) in [6.45, 7) is 6.90. The Morgan fingerprint density at radius 2 is 1.40 bits per heavy atom. The van der Waals surface area contributed by atoms with Gasteiger partial charge in [-0.3, -0.25) is 0 Å². The minimum atomic E-state index is -0.641. The van der Waals surface area contributed by atoms with E-state index in [2.05, 4.69) is 26.1 Å². The van der Waals surface area contributed by atoms with Crippen LogP contribution in [0.5, 0.6) is 0 Å². The molecule has 1 atom stereocenters. The maximum atomic E-state index is 9.34. The van der Waals surface area contributed by atoms with Gasteiger partial charge in [0, 0.05) is 12.1 Å². The monoisotopic (exact) mass is 287 g/mol. The van der Waals surface area contributed by atoms with Crippen LogP contribution in [0.4, 0.5) is 0 Å². The number of hydrogen-bond acceptors (Lipinski definition) is 3. The van der Waals surface area contributed by atoms with Crippen LogP contribution in [0.15, 0.2) is 0 Å². The van der Waals surface area contributed by atoms with Crippen LogP contribution >= 0.6 is 0 Å². The van der Waals surface area contributed by atoms with Crippen LogP contribution in [-0.4, -0.2) is 35.0 Å². The van der Waals surface area contributed by atoms with Gasteiger partial charge >= 0.3 is 0 Å². The first-order valence-electron chi connectivity index (χ1n) is 8.56. The number of β-amino-alcohol motifs (C(OH)–C–C–N with tert-alkyl or cyclic N) is 1. The molecule has 0 radical (unpaired) electrons. The molecule has 0 aromatic heterocycles. The van der Waals surface area contributed by atoms with E-state index in [4.69, 9.17) is 5.11 Å². The van der Waals surface area contributed by atoms with E-state index in [0.29, 0.717) is 6.54 Å². The molecule has 0 aliphatic rings. The van der Waals surface area contributed by atoms with Crippen LogP contribution < -0.4 is 5.32 Å². The van der Waals surface area contributed by atoms with Gasteiger partial charge in [0.15, 0.2) is 0 Å². The van der Waals surface area contributed by atoms with Crippen molar-refractivity contribution in [3.8, 4) is 0 Å². The molecular formula is C17H37NO2. The fourth-order valence-electron chi connectivity index (χ4n) is 2.42. The van der Waals surface area contributed by atoms with Crippen molar-refractivity contribution in [1.29, 1.82) is 0 Å². The zero-order valence-corrected chi connectivity index (χ0v) is 14.0. The molecule has 3 heteroatoms. The number of aliphatic hydroxyl groups excluding tert-OH is 2. The standard InChI is InChI=1S/C17H37NO2/c1-4-5-6-7-8-9-10-11-12-13-17(2,3)18-14-16(20)15-19/h16,18-20H,4-15H2,1-3H3. The van der Waals surface area contributed by atoms with Crippen LogP contribution in [-0.2, 0) is 0 Å². The van der Waals surface area contributed by atoms with Crippen molar-refractivity contribution in [3.63, 3.8) is 0 Å². The van der Waals surface area contributed by atoms with Gasteiger partial charge in [0.05, 0.1) is 12.7 Å². The summed E-state index contributed by atoms with van der Waals surface area (Å²) in [5.74, 6) is 0. The maximum Gasteiger partial charge on any atom is 0.0895 e. The van der Waals surface area contributed by atoms with E-state index in [0.717, 1.165) is 6.42 Å². The number of nitrogens with one attached hydrogen (secondary N) is 1. The lowest BCUT2D eigenvalue weighted by Gasteiger charge is -2.27. The van der Waals surface area contributed by atoms with E-state index >= 15 is 0 Å². The van der Waals surface area contributed by atoms with Gasteiger partial charge < -0.3 is 15.5 Å². The summed E-state index contributed by atoms with van der Waals surface area (Å²) in [5.41, 5.74) is 0.0529. The van der Waals surface area contributed by atoms with Crippen molar-refractivity contribution in [3.05, 3.63) is 0 Å². The second-order valence-corrected chi connectivity index (χ2v) is 6.68. The fraction of sp³-hybridized carbons (Fsp3) is 1.00. The summed E-state index contributed by atoms with van der Waals surface area (Å²) >= 11 is 0. The minimum absolute atomic E-state index is 0.0529. The Morgan fingerprint density at radius 3 is 1.90 bits per heavy atom. The largest absolute Gasteiger partial charge is 0.394 e. The zero-order chi connectivity index (χ0) is 15.3. The molecule has 20 heavy (non-hydrogen) atoms. The normalized spacial score (nSPS) is 13.7. The number of aliphatic hydroxyl groups is 2. The predicted molar refractivity (Wildman–Crippen MR) is 87.0 cm³/mol. The van der Waals surface area contributed by atoms with Gasteiger partial charge in [0.1, 0.15) is 0 Å². The van der Waals surface area contributed by atoms with Crippen molar-refractivity contribution >= 4 is 0 Å². The molecule has 0 rings (SSSR count). The smallest absolute Gasteiger partial charge is 0.0895 e. The molecule has 0 heterocycles. The van der Waals surface area contributed by atoms with Crippen molar-refractivity contribution in [1.82, 2.24) is 5.32 Å². The van der Waals surface area contributed by atoms with E-state index in [1.807, 2.05) is 0 Å². The third-order valence-electron chi connectivity index (χ3n) is 3.93. The third kappa shape index (κ3) is 12.9. The first kappa shape index (κ1) is 19.9. The van der Waals surface area contributed by atoms with Crippen LogP contribution in [0.3, 0.4) is 0 Å². The van der Waals surface area contributed by atoms with Crippen molar-refractivity contribution < 1.29 is 10.2 Å². The minimum Gasteiger partial charge on any atom is -0.394 e. The molecule has 1 unspecified atom stereocenters. The highest BCUT2D eigenvalue weighted by atomic mass is 16.3. The fourth-order valence-corrected chi connectivity index (χ4v) is 2.42. The lowest BCUT2D eigenvalue weighted by Crippen LogP contribution is -2.44. The average Bonchev–Trinajstić information content (AvgIpc) is 2.43. The molecule has 122 valence electrons. The highest BCUT2D eigenvalue weighted by Gasteiger charge is 2.17. The molecule has 0 aromatic carbocycles. The lowest BCUT2D eigenvalue weighted by molar-refractivity contribution is 0.0869. The van der Waals surface area contributed by atoms with Crippen LogP contribution in [0.25, 0.3) is 0 Å². The molecule has 3 N–H and O–H groups in total. The molecule has 0 bridgehead atoms. The second-order valence-electron chi connectivity index (χ2n) is 6.68. The van der Waals surface area contributed by atoms with E-state index in [9.17, 15) is 5.11 Å². The summed E-state index contributed by atoms with van der Waals surface area (Å²) in [7, 11) is 0. The van der Waals surface area contributed by atoms with Gasteiger partial charge in [0.2, 0.25) is 0 Å². The SMILES string of the molecule is CCCCCCCCCCCC(C)(C)NCC(O)CO. The van der Waals surface area contributed by atoms with Gasteiger partial charge in [-0.2, -0.15) is 0 Å². The maximum absolute atomic E-state index is 9.34. The van der Waals surface area contributed by atoms with Gasteiger partial charge in [-0.15, -0.1) is 0 Å². The first-order chi connectivity index (χ1) is 9.52. The molecule has 0 saturated heterocycles. The Morgan fingerprint density at radius 1 is 0.900 bits per heavy atom. The van der Waals surface area contributed by atoms with Gasteiger partial charge in [-0.1, -0.05) is 64.7 Å². The van der Waals surface area contributed by atoms with Gasteiger partial charge in [-0.25, -0.2) is 0 Å². The summed E-state index contributed by atoms with van der Waals surface area (Å²) in [6.07, 6.45) is 12.7. The topological polar surface area (TPSA) is 52.5 Å². The Balaban J connectivity index is 3.39. The number of rotatable bonds is 14. The molecule has 0 aliphatic heterocycles. The van der Waals surface area contributed by atoms with Crippen molar-refractivity contribution in [2.24, 2.45) is 0 Å². The van der Waals surface area contributed by atoms with E-state index in [-0.39, 0.29) is 12.1 Å². The summed E-state index contributed by atoms with van der Waals surface area (Å²) in [6, 6.07) is 0. The summed E-state index contributed by atoms with van der Waals surface area (Å²) in [4.78, 5) is 0. The van der Waals surface area contributed by atoms with Crippen molar-refractivity contribution in [2.75, 3.05) is 13.2 Å². The quantitative estimate of drug-likeness (QED) is 0.428. The highest BCUT2D eigenvalue weighted by molar-refractivity contribution is 4.78. The number of unbranched alkanes of at least 4 members (excludes halogenated alkanes) is 8. The summed E-state index contributed by atoms with van der Waals surface area (Å²) in [5, 5.41) is 21.5. The summed E-state index contributed by atoms with van der Waals surface area (Å²) < 4.78 is 0. The van der Waals surface area contributed by atoms with Crippen LogP contribution in [0, 0.1) is 0 Å². The number of hydrogen-bond donors (Lipinski definition) is 3. The molecule has 0 fully saturated rings. The zero-order valence-electron chi connectivity index (χ0n) is 14.0. The molecular weight excluding hydrogens is 250 g/mol. The molecule has 0 saturated carbocycles. The van der Waals surface area contributed by atoms with E-state index < -0.39 is 6.10 Å². The molecule has 0 aromatic rings. The van der Waals surface area contributed by atoms with E-state index in [1.54, 1.807) is 0 Å². The Kier molecular flexibility index (Phi) is 12.5. The Labute approximate surface area is 126 Å². The third-order valence-corrected chi connectivity index (χ3v) is 3.93.